The van der Waals surface area contributed by atoms with Crippen molar-refractivity contribution in [3.05, 3.63) is 29.8 Å². The van der Waals surface area contributed by atoms with E-state index in [2.05, 4.69) is 17.0 Å². The largest absolute Gasteiger partial charge is 0.316 e. The lowest BCUT2D eigenvalue weighted by molar-refractivity contribution is 0.358. The van der Waals surface area contributed by atoms with Crippen molar-refractivity contribution in [3.63, 3.8) is 0 Å². The topological polar surface area (TPSA) is 58.2 Å². The van der Waals surface area contributed by atoms with E-state index in [1.165, 1.54) is 18.4 Å². The van der Waals surface area contributed by atoms with Crippen LogP contribution in [0.15, 0.2) is 29.2 Å². The van der Waals surface area contributed by atoms with E-state index in [9.17, 15) is 8.42 Å². The second kappa shape index (κ2) is 7.92. The van der Waals surface area contributed by atoms with E-state index >= 15 is 0 Å². The molecule has 0 radical (unpaired) electrons. The molecule has 1 saturated heterocycles. The van der Waals surface area contributed by atoms with Crippen LogP contribution in [0.1, 0.15) is 38.2 Å². The van der Waals surface area contributed by atoms with Crippen LogP contribution in [0.3, 0.4) is 0 Å². The molecule has 4 nitrogen and oxygen atoms in total. The molecule has 118 valence electrons. The van der Waals surface area contributed by atoms with Gasteiger partial charge < -0.3 is 5.32 Å². The highest BCUT2D eigenvalue weighted by Crippen LogP contribution is 2.15. The lowest BCUT2D eigenvalue weighted by atomic mass is 9.96. The van der Waals surface area contributed by atoms with Gasteiger partial charge in [0, 0.05) is 6.54 Å². The summed E-state index contributed by atoms with van der Waals surface area (Å²) < 4.78 is 27.2. The van der Waals surface area contributed by atoms with Gasteiger partial charge in [-0.1, -0.05) is 25.5 Å². The van der Waals surface area contributed by atoms with Crippen LogP contribution in [-0.4, -0.2) is 28.1 Å². The Morgan fingerprint density at radius 1 is 1.29 bits per heavy atom. The average molecular weight is 310 g/mol. The Hall–Kier alpha value is -0.910. The van der Waals surface area contributed by atoms with Crippen LogP contribution in [0.25, 0.3) is 0 Å². The molecule has 1 aromatic rings. The highest BCUT2D eigenvalue weighted by molar-refractivity contribution is 7.89. The molecular formula is C16H26N2O2S. The molecule has 1 unspecified atom stereocenters. The molecule has 0 amide bonds. The van der Waals surface area contributed by atoms with Crippen molar-refractivity contribution in [1.82, 2.24) is 10.0 Å². The summed E-state index contributed by atoms with van der Waals surface area (Å²) in [4.78, 5) is 0.365. The van der Waals surface area contributed by atoms with Crippen LogP contribution in [0, 0.1) is 5.92 Å². The summed E-state index contributed by atoms with van der Waals surface area (Å²) in [5, 5.41) is 3.36. The number of hydrogen-bond donors (Lipinski definition) is 2. The van der Waals surface area contributed by atoms with Crippen LogP contribution < -0.4 is 10.0 Å². The van der Waals surface area contributed by atoms with Gasteiger partial charge in [0.1, 0.15) is 0 Å². The third-order valence-electron chi connectivity index (χ3n) is 4.02. The molecule has 1 aromatic carbocycles. The Morgan fingerprint density at radius 2 is 2.05 bits per heavy atom. The summed E-state index contributed by atoms with van der Waals surface area (Å²) in [7, 11) is -3.36. The standard InChI is InChI=1S/C16H26N2O2S/c1-2-4-14-6-8-16(9-7-14)21(19,20)18-12-10-15-5-3-11-17-13-15/h6-9,15,17-18H,2-5,10-13H2,1H3. The molecule has 1 fully saturated rings. The minimum atomic E-state index is -3.36. The van der Waals surface area contributed by atoms with Crippen LogP contribution in [0.5, 0.6) is 0 Å². The van der Waals surface area contributed by atoms with Crippen molar-refractivity contribution in [2.24, 2.45) is 5.92 Å². The smallest absolute Gasteiger partial charge is 0.240 e. The Labute approximate surface area is 128 Å². The maximum atomic E-state index is 12.2. The average Bonchev–Trinajstić information content (AvgIpc) is 2.49. The summed E-state index contributed by atoms with van der Waals surface area (Å²) >= 11 is 0. The Morgan fingerprint density at radius 3 is 2.67 bits per heavy atom. The van der Waals surface area contributed by atoms with Crippen LogP contribution >= 0.6 is 0 Å². The van der Waals surface area contributed by atoms with Gasteiger partial charge in [-0.2, -0.15) is 0 Å². The molecule has 0 bridgehead atoms. The maximum absolute atomic E-state index is 12.2. The van der Waals surface area contributed by atoms with E-state index in [4.69, 9.17) is 0 Å². The van der Waals surface area contributed by atoms with Crippen LogP contribution in [-0.2, 0) is 16.4 Å². The number of aryl methyl sites for hydroxylation is 1. The zero-order valence-electron chi connectivity index (χ0n) is 12.8. The molecule has 5 heteroatoms. The summed E-state index contributed by atoms with van der Waals surface area (Å²) in [6.07, 6.45) is 5.35. The Bertz CT molecular complexity index is 520. The summed E-state index contributed by atoms with van der Waals surface area (Å²) in [5.74, 6) is 0.591. The molecular weight excluding hydrogens is 284 g/mol. The van der Waals surface area contributed by atoms with E-state index in [1.54, 1.807) is 12.1 Å². The van der Waals surface area contributed by atoms with E-state index in [1.807, 2.05) is 12.1 Å². The van der Waals surface area contributed by atoms with E-state index in [0.717, 1.165) is 32.4 Å². The third-order valence-corrected chi connectivity index (χ3v) is 5.49. The molecule has 1 atom stereocenters. The SMILES string of the molecule is CCCc1ccc(S(=O)(=O)NCCC2CCCNC2)cc1. The van der Waals surface area contributed by atoms with Gasteiger partial charge in [0.2, 0.25) is 10.0 Å². The predicted octanol–water partition coefficient (Wildman–Crippen LogP) is 2.31. The van der Waals surface area contributed by atoms with Gasteiger partial charge in [-0.3, -0.25) is 0 Å². The van der Waals surface area contributed by atoms with Gasteiger partial charge in [0.05, 0.1) is 4.90 Å². The minimum Gasteiger partial charge on any atom is -0.316 e. The predicted molar refractivity (Wildman–Crippen MR) is 85.8 cm³/mol. The van der Waals surface area contributed by atoms with Gasteiger partial charge >= 0.3 is 0 Å². The molecule has 1 aliphatic rings. The highest BCUT2D eigenvalue weighted by Gasteiger charge is 2.16. The molecule has 2 N–H and O–H groups in total. The molecule has 2 rings (SSSR count). The van der Waals surface area contributed by atoms with Crippen molar-refractivity contribution in [2.45, 2.75) is 43.9 Å². The number of hydrogen-bond acceptors (Lipinski definition) is 3. The number of sulfonamides is 1. The van der Waals surface area contributed by atoms with Crippen LogP contribution in [0.4, 0.5) is 0 Å². The van der Waals surface area contributed by atoms with E-state index in [0.29, 0.717) is 17.4 Å². The lowest BCUT2D eigenvalue weighted by Crippen LogP contribution is -2.33. The highest BCUT2D eigenvalue weighted by atomic mass is 32.2. The number of nitrogens with one attached hydrogen (secondary N) is 2. The van der Waals surface area contributed by atoms with E-state index in [-0.39, 0.29) is 0 Å². The Kier molecular flexibility index (Phi) is 6.21. The first-order chi connectivity index (χ1) is 10.1. The van der Waals surface area contributed by atoms with Crippen molar-refractivity contribution in [1.29, 1.82) is 0 Å². The summed E-state index contributed by atoms with van der Waals surface area (Å²) in [6, 6.07) is 7.22. The number of benzene rings is 1. The van der Waals surface area contributed by atoms with Gasteiger partial charge in [-0.15, -0.1) is 0 Å². The second-order valence-electron chi connectivity index (χ2n) is 5.79. The molecule has 0 aromatic heterocycles. The zero-order chi connectivity index (χ0) is 15.1. The fourth-order valence-electron chi connectivity index (χ4n) is 2.78. The zero-order valence-corrected chi connectivity index (χ0v) is 13.6. The molecule has 21 heavy (non-hydrogen) atoms. The molecule has 0 spiro atoms. The number of piperidine rings is 1. The van der Waals surface area contributed by atoms with Gasteiger partial charge in [-0.25, -0.2) is 13.1 Å². The van der Waals surface area contributed by atoms with Crippen molar-refractivity contribution in [3.8, 4) is 0 Å². The Balaban J connectivity index is 1.85. The van der Waals surface area contributed by atoms with Gasteiger partial charge in [0.25, 0.3) is 0 Å². The van der Waals surface area contributed by atoms with Gasteiger partial charge in [-0.05, 0) is 62.4 Å². The molecule has 1 heterocycles. The van der Waals surface area contributed by atoms with Crippen molar-refractivity contribution in [2.75, 3.05) is 19.6 Å². The third kappa shape index (κ3) is 5.09. The summed E-state index contributed by atoms with van der Waals surface area (Å²) in [6.45, 7) is 4.73. The first-order valence-corrected chi connectivity index (χ1v) is 9.39. The van der Waals surface area contributed by atoms with E-state index < -0.39 is 10.0 Å². The van der Waals surface area contributed by atoms with Gasteiger partial charge in [0.15, 0.2) is 0 Å². The van der Waals surface area contributed by atoms with Crippen molar-refractivity contribution < 1.29 is 8.42 Å². The van der Waals surface area contributed by atoms with Crippen molar-refractivity contribution >= 4 is 10.0 Å². The quantitative estimate of drug-likeness (QED) is 0.812. The fraction of sp³-hybridized carbons (Fsp3) is 0.625. The maximum Gasteiger partial charge on any atom is 0.240 e. The lowest BCUT2D eigenvalue weighted by Gasteiger charge is -2.22. The second-order valence-corrected chi connectivity index (χ2v) is 7.56. The molecule has 0 saturated carbocycles. The normalized spacial score (nSPS) is 19.6. The monoisotopic (exact) mass is 310 g/mol. The number of rotatable bonds is 7. The molecule has 1 aliphatic heterocycles. The summed E-state index contributed by atoms with van der Waals surface area (Å²) in [5.41, 5.74) is 1.18. The molecule has 0 aliphatic carbocycles. The first-order valence-electron chi connectivity index (χ1n) is 7.91. The minimum absolute atomic E-state index is 0.365. The fourth-order valence-corrected chi connectivity index (χ4v) is 3.82. The van der Waals surface area contributed by atoms with Crippen LogP contribution in [0.2, 0.25) is 0 Å². The first kappa shape index (κ1) is 16.5.